The first kappa shape index (κ1) is 34.5. The van der Waals surface area contributed by atoms with E-state index in [0.29, 0.717) is 25.8 Å². The van der Waals surface area contributed by atoms with Crippen molar-refractivity contribution in [2.24, 2.45) is 5.92 Å². The fraction of sp³-hybridized carbons (Fsp3) is 0.625. The number of benzene rings is 1. The minimum absolute atomic E-state index is 0.0136. The van der Waals surface area contributed by atoms with E-state index in [4.69, 9.17) is 0 Å². The van der Waals surface area contributed by atoms with Gasteiger partial charge in [0.1, 0.15) is 18.1 Å². The number of hydrogen-bond donors (Lipinski definition) is 4. The maximum absolute atomic E-state index is 13.7. The molecule has 2 fully saturated rings. The average molecular weight is 613 g/mol. The number of nitrogens with one attached hydrogen (secondary N) is 4. The van der Waals surface area contributed by atoms with Crippen molar-refractivity contribution >= 4 is 35.4 Å². The lowest BCUT2D eigenvalue weighted by Gasteiger charge is -2.31. The van der Waals surface area contributed by atoms with E-state index in [1.54, 1.807) is 4.90 Å². The zero-order chi connectivity index (χ0) is 32.2. The Balaban J connectivity index is 1.88. The zero-order valence-electron chi connectivity index (χ0n) is 26.4. The summed E-state index contributed by atoms with van der Waals surface area (Å²) in [5.41, 5.74) is 0.843. The number of hydrogen-bond acceptors (Lipinski definition) is 6. The molecular weight excluding hydrogens is 564 g/mol. The zero-order valence-corrected chi connectivity index (χ0v) is 26.4. The van der Waals surface area contributed by atoms with Crippen LogP contribution in [0.2, 0.25) is 0 Å². The molecule has 242 valence electrons. The highest BCUT2D eigenvalue weighted by molar-refractivity contribution is 5.95. The molecule has 1 aromatic rings. The van der Waals surface area contributed by atoms with Crippen molar-refractivity contribution in [2.45, 2.75) is 96.8 Å². The summed E-state index contributed by atoms with van der Waals surface area (Å²) in [5, 5.41) is 11.2. The van der Waals surface area contributed by atoms with Crippen LogP contribution < -0.4 is 21.3 Å². The van der Waals surface area contributed by atoms with Gasteiger partial charge in [-0.3, -0.25) is 28.8 Å². The molecule has 6 amide bonds. The number of rotatable bonds is 8. The first-order valence-corrected chi connectivity index (χ1v) is 15.8. The Morgan fingerprint density at radius 2 is 1.59 bits per heavy atom. The molecule has 12 nitrogen and oxygen atoms in total. The molecule has 0 aromatic heterocycles. The normalized spacial score (nSPS) is 24.5. The van der Waals surface area contributed by atoms with Gasteiger partial charge in [0.2, 0.25) is 35.4 Å². The fourth-order valence-electron chi connectivity index (χ4n) is 5.44. The van der Waals surface area contributed by atoms with Gasteiger partial charge in [-0.1, -0.05) is 51.1 Å². The van der Waals surface area contributed by atoms with Crippen LogP contribution in [-0.2, 0) is 35.2 Å². The van der Waals surface area contributed by atoms with Crippen LogP contribution in [0.3, 0.4) is 0 Å². The van der Waals surface area contributed by atoms with Crippen LogP contribution in [0.1, 0.15) is 71.8 Å². The Kier molecular flexibility index (Phi) is 13.2. The van der Waals surface area contributed by atoms with Crippen molar-refractivity contribution in [2.75, 3.05) is 26.2 Å². The highest BCUT2D eigenvalue weighted by Crippen LogP contribution is 2.13. The van der Waals surface area contributed by atoms with E-state index >= 15 is 0 Å². The van der Waals surface area contributed by atoms with Crippen LogP contribution in [-0.4, -0.2) is 95.6 Å². The van der Waals surface area contributed by atoms with E-state index in [9.17, 15) is 28.8 Å². The molecule has 2 aliphatic rings. The molecule has 0 spiro atoms. The number of amides is 6. The van der Waals surface area contributed by atoms with E-state index in [0.717, 1.165) is 18.4 Å². The smallest absolute Gasteiger partial charge is 0.243 e. The van der Waals surface area contributed by atoms with Crippen molar-refractivity contribution in [3.63, 3.8) is 0 Å². The quantitative estimate of drug-likeness (QED) is 0.342. The average Bonchev–Trinajstić information content (AvgIpc) is 2.98. The van der Waals surface area contributed by atoms with Crippen molar-refractivity contribution in [3.05, 3.63) is 35.9 Å². The molecule has 12 heteroatoms. The van der Waals surface area contributed by atoms with Gasteiger partial charge in [-0.25, -0.2) is 0 Å². The van der Waals surface area contributed by atoms with E-state index in [-0.39, 0.29) is 50.2 Å². The Morgan fingerprint density at radius 1 is 0.909 bits per heavy atom. The molecule has 0 radical (unpaired) electrons. The topological polar surface area (TPSA) is 157 Å². The first-order chi connectivity index (χ1) is 21.0. The summed E-state index contributed by atoms with van der Waals surface area (Å²) >= 11 is 0. The second-order valence-corrected chi connectivity index (χ2v) is 12.2. The lowest BCUT2D eigenvalue weighted by molar-refractivity contribution is -0.139. The summed E-state index contributed by atoms with van der Waals surface area (Å²) in [5.74, 6) is -2.28. The highest BCUT2D eigenvalue weighted by Gasteiger charge is 2.32. The lowest BCUT2D eigenvalue weighted by Crippen LogP contribution is -2.57. The molecule has 0 saturated carbocycles. The number of carbonyl (C=O) groups is 6. The second-order valence-electron chi connectivity index (χ2n) is 12.2. The molecule has 2 aliphatic heterocycles. The van der Waals surface area contributed by atoms with Crippen molar-refractivity contribution in [1.82, 2.24) is 31.1 Å². The number of likely N-dealkylation sites (tertiary alicyclic amines) is 1. The Morgan fingerprint density at radius 3 is 2.25 bits per heavy atom. The third-order valence-corrected chi connectivity index (χ3v) is 8.01. The Bertz CT molecular complexity index is 1180. The van der Waals surface area contributed by atoms with E-state index in [2.05, 4.69) is 21.3 Å². The first-order valence-electron chi connectivity index (χ1n) is 15.8. The maximum atomic E-state index is 13.7. The van der Waals surface area contributed by atoms with E-state index in [1.165, 1.54) is 11.8 Å². The van der Waals surface area contributed by atoms with Gasteiger partial charge >= 0.3 is 0 Å². The highest BCUT2D eigenvalue weighted by atomic mass is 16.2. The molecule has 2 heterocycles. The van der Waals surface area contributed by atoms with Crippen LogP contribution in [0.4, 0.5) is 0 Å². The summed E-state index contributed by atoms with van der Waals surface area (Å²) < 4.78 is 0. The van der Waals surface area contributed by atoms with Gasteiger partial charge in [0.25, 0.3) is 0 Å². The molecule has 2 saturated heterocycles. The van der Waals surface area contributed by atoms with E-state index in [1.807, 2.05) is 51.1 Å². The largest absolute Gasteiger partial charge is 0.350 e. The second kappa shape index (κ2) is 16.8. The predicted octanol–water partition coefficient (Wildman–Crippen LogP) is 0.889. The number of carbonyl (C=O) groups excluding carboxylic acids is 6. The van der Waals surface area contributed by atoms with Gasteiger partial charge in [0.15, 0.2) is 0 Å². The lowest BCUT2D eigenvalue weighted by atomic mass is 10.0. The van der Waals surface area contributed by atoms with Gasteiger partial charge in [-0.05, 0) is 44.1 Å². The molecule has 44 heavy (non-hydrogen) atoms. The van der Waals surface area contributed by atoms with Crippen LogP contribution >= 0.6 is 0 Å². The summed E-state index contributed by atoms with van der Waals surface area (Å²) in [6.07, 6.45) is 3.22. The summed E-state index contributed by atoms with van der Waals surface area (Å²) in [4.78, 5) is 82.1. The molecule has 4 N–H and O–H groups in total. The van der Waals surface area contributed by atoms with Crippen LogP contribution in [0, 0.1) is 5.92 Å². The van der Waals surface area contributed by atoms with Crippen LogP contribution in [0.15, 0.2) is 30.3 Å². The van der Waals surface area contributed by atoms with Crippen LogP contribution in [0.5, 0.6) is 0 Å². The van der Waals surface area contributed by atoms with Gasteiger partial charge < -0.3 is 31.1 Å². The van der Waals surface area contributed by atoms with Crippen LogP contribution in [0.25, 0.3) is 0 Å². The van der Waals surface area contributed by atoms with Gasteiger partial charge in [-0.15, -0.1) is 0 Å². The Labute approximate surface area is 260 Å². The SMILES string of the molecule is CC[C@H]1CN(C(=O)CCN2CCCCC2=O)CC(=O)N[C@H](C)C(=O)N[C@@H](CC(C)C)C(=O)N[C@@H](Cc2ccccc2)C(=O)N1. The van der Waals surface area contributed by atoms with Gasteiger partial charge in [0.05, 0.1) is 6.54 Å². The molecule has 3 rings (SSSR count). The molecule has 0 unspecified atom stereocenters. The summed E-state index contributed by atoms with van der Waals surface area (Å²) in [6, 6.07) is 5.95. The molecule has 0 aliphatic carbocycles. The van der Waals surface area contributed by atoms with Gasteiger partial charge in [-0.2, -0.15) is 0 Å². The predicted molar refractivity (Wildman–Crippen MR) is 165 cm³/mol. The molecule has 0 bridgehead atoms. The van der Waals surface area contributed by atoms with Crippen molar-refractivity contribution in [1.29, 1.82) is 0 Å². The summed E-state index contributed by atoms with van der Waals surface area (Å²) in [7, 11) is 0. The monoisotopic (exact) mass is 612 g/mol. The fourth-order valence-corrected chi connectivity index (χ4v) is 5.44. The van der Waals surface area contributed by atoms with Crippen molar-refractivity contribution < 1.29 is 28.8 Å². The maximum Gasteiger partial charge on any atom is 0.243 e. The molecular formula is C32H48N6O6. The number of piperidine rings is 1. The summed E-state index contributed by atoms with van der Waals surface area (Å²) in [6.45, 7) is 7.80. The third kappa shape index (κ3) is 10.6. The molecule has 4 atom stereocenters. The van der Waals surface area contributed by atoms with Gasteiger partial charge in [0, 0.05) is 44.9 Å². The third-order valence-electron chi connectivity index (χ3n) is 8.01. The minimum atomic E-state index is -0.972. The minimum Gasteiger partial charge on any atom is -0.350 e. The number of nitrogens with zero attached hydrogens (tertiary/aromatic N) is 2. The van der Waals surface area contributed by atoms with Crippen molar-refractivity contribution in [3.8, 4) is 0 Å². The Hall–Kier alpha value is -3.96. The van der Waals surface area contributed by atoms with E-state index < -0.39 is 47.8 Å². The standard InChI is InChI=1S/C32H48N6O6/c1-5-24-19-38(29(41)14-16-37-15-10-9-13-28(37)40)20-27(39)33-22(4)30(42)35-25(17-21(2)3)32(44)36-26(31(43)34-24)18-23-11-7-6-8-12-23/h6-8,11-12,21-22,24-26H,5,9-10,13-20H2,1-4H3,(H,33,39)(H,34,43)(H,35,42)(H,36,44)/t22-,24+,25+,26+/m1/s1. The molecule has 1 aromatic carbocycles.